The van der Waals surface area contributed by atoms with Gasteiger partial charge >= 0.3 is 0 Å². The summed E-state index contributed by atoms with van der Waals surface area (Å²) in [5, 5.41) is 20.7. The van der Waals surface area contributed by atoms with Gasteiger partial charge in [0.25, 0.3) is 21.6 Å². The summed E-state index contributed by atoms with van der Waals surface area (Å²) in [7, 11) is -4.58. The Labute approximate surface area is 296 Å². The number of benzene rings is 4. The number of aromatic nitrogens is 3. The van der Waals surface area contributed by atoms with E-state index in [0.29, 0.717) is 32.4 Å². The highest BCUT2D eigenvalue weighted by atomic mass is 35.5. The Bertz CT molecular complexity index is 2340. The van der Waals surface area contributed by atoms with Crippen LogP contribution >= 0.6 is 23.2 Å². The maximum absolute atomic E-state index is 13.7. The SMILES string of the molecule is Cc1cc(Oc2ccc(Cn3nc4ccc(Cl)cc4c3C(=O)NS(=O)(=O)c3ccc(NCc4cccnc4)c([N+](=O)[O-])c3)cc2)cc(C)c1Cl. The van der Waals surface area contributed by atoms with Gasteiger partial charge in [0, 0.05) is 40.4 Å². The molecule has 12 nitrogen and oxygen atoms in total. The summed E-state index contributed by atoms with van der Waals surface area (Å²) >= 11 is 12.5. The third kappa shape index (κ3) is 7.54. The Kier molecular flexibility index (Phi) is 9.73. The van der Waals surface area contributed by atoms with Crippen LogP contribution in [0.2, 0.25) is 10.0 Å². The summed E-state index contributed by atoms with van der Waals surface area (Å²) in [5.74, 6) is 0.210. The van der Waals surface area contributed by atoms with E-state index in [0.717, 1.165) is 28.3 Å². The highest BCUT2D eigenvalue weighted by Gasteiger charge is 2.27. The molecule has 0 spiro atoms. The van der Waals surface area contributed by atoms with Crippen molar-refractivity contribution in [1.82, 2.24) is 19.5 Å². The molecule has 15 heteroatoms. The van der Waals surface area contributed by atoms with E-state index < -0.39 is 31.4 Å². The number of pyridine rings is 1. The van der Waals surface area contributed by atoms with Gasteiger partial charge < -0.3 is 10.1 Å². The normalized spacial score (nSPS) is 11.4. The third-order valence-corrected chi connectivity index (χ3v) is 9.89. The molecule has 50 heavy (non-hydrogen) atoms. The molecule has 0 fully saturated rings. The van der Waals surface area contributed by atoms with Crippen LogP contribution in [0.1, 0.15) is 32.7 Å². The zero-order valence-electron chi connectivity index (χ0n) is 26.6. The summed E-state index contributed by atoms with van der Waals surface area (Å²) in [6.07, 6.45) is 3.20. The van der Waals surface area contributed by atoms with Crippen LogP contribution in [0.25, 0.3) is 10.9 Å². The second-order valence-corrected chi connectivity index (χ2v) is 13.9. The number of hydrogen-bond acceptors (Lipinski definition) is 9. The van der Waals surface area contributed by atoms with Gasteiger partial charge in [0.2, 0.25) is 0 Å². The second kappa shape index (κ2) is 14.2. The lowest BCUT2D eigenvalue weighted by atomic mass is 10.1. The number of aryl methyl sites for hydroxylation is 2. The molecule has 6 rings (SSSR count). The van der Waals surface area contributed by atoms with Crippen LogP contribution in [0, 0.1) is 24.0 Å². The van der Waals surface area contributed by atoms with E-state index in [1.807, 2.05) is 26.0 Å². The zero-order chi connectivity index (χ0) is 35.6. The zero-order valence-corrected chi connectivity index (χ0v) is 28.9. The number of nitro benzene ring substituents is 1. The number of anilines is 1. The first-order chi connectivity index (χ1) is 23.9. The maximum Gasteiger partial charge on any atom is 0.293 e. The molecule has 254 valence electrons. The highest BCUT2D eigenvalue weighted by Crippen LogP contribution is 2.31. The summed E-state index contributed by atoms with van der Waals surface area (Å²) in [5.41, 5.74) is 3.23. The largest absolute Gasteiger partial charge is 0.457 e. The Hall–Kier alpha value is -5.50. The second-order valence-electron chi connectivity index (χ2n) is 11.4. The van der Waals surface area contributed by atoms with Crippen molar-refractivity contribution in [1.29, 1.82) is 0 Å². The molecule has 2 aromatic heterocycles. The molecular weight excluding hydrogens is 703 g/mol. The first-order valence-corrected chi connectivity index (χ1v) is 17.3. The quantitative estimate of drug-likeness (QED) is 0.100. The molecule has 2 N–H and O–H groups in total. The number of nitro groups is 1. The molecule has 4 aromatic carbocycles. The van der Waals surface area contributed by atoms with Crippen LogP contribution in [0.5, 0.6) is 11.5 Å². The van der Waals surface area contributed by atoms with Crippen LogP contribution in [0.4, 0.5) is 11.4 Å². The maximum atomic E-state index is 13.7. The fraction of sp³-hybridized carbons (Fsp3) is 0.114. The lowest BCUT2D eigenvalue weighted by Gasteiger charge is -2.12. The molecule has 0 aliphatic heterocycles. The Morgan fingerprint density at radius 1 is 0.940 bits per heavy atom. The standard InChI is InChI=1S/C35H28Cl2N6O6S/c1-21-14-27(15-22(2)33(21)37)49-26-8-5-23(6-9-26)20-42-34(29-16-25(36)7-11-30(29)40-42)35(44)41-50(47,48)28-10-12-31(32(17-28)43(45)46)39-19-24-4-3-13-38-18-24/h3-18,39H,19-20H2,1-2H3,(H,41,44). The summed E-state index contributed by atoms with van der Waals surface area (Å²) in [4.78, 5) is 28.5. The van der Waals surface area contributed by atoms with Crippen molar-refractivity contribution in [2.75, 3.05) is 5.32 Å². The first-order valence-electron chi connectivity index (χ1n) is 15.1. The summed E-state index contributed by atoms with van der Waals surface area (Å²) < 4.78 is 36.4. The van der Waals surface area contributed by atoms with Gasteiger partial charge in [-0.2, -0.15) is 5.10 Å². The molecule has 0 radical (unpaired) electrons. The van der Waals surface area contributed by atoms with E-state index in [2.05, 4.69) is 20.1 Å². The van der Waals surface area contributed by atoms with Crippen LogP contribution in [0.15, 0.2) is 102 Å². The smallest absolute Gasteiger partial charge is 0.293 e. The molecule has 2 heterocycles. The average Bonchev–Trinajstić information content (AvgIpc) is 3.44. The Morgan fingerprint density at radius 2 is 1.68 bits per heavy atom. The van der Waals surface area contributed by atoms with Crippen molar-refractivity contribution >= 4 is 61.4 Å². The molecule has 0 atom stereocenters. The molecule has 1 amide bonds. The van der Waals surface area contributed by atoms with E-state index in [4.69, 9.17) is 27.9 Å². The molecule has 0 unspecified atom stereocenters. The number of hydrogen-bond donors (Lipinski definition) is 2. The Morgan fingerprint density at radius 3 is 2.36 bits per heavy atom. The monoisotopic (exact) mass is 730 g/mol. The number of ether oxygens (including phenoxy) is 1. The molecule has 0 bridgehead atoms. The fourth-order valence-electron chi connectivity index (χ4n) is 5.30. The van der Waals surface area contributed by atoms with Gasteiger partial charge in [-0.1, -0.05) is 41.4 Å². The van der Waals surface area contributed by atoms with Crippen molar-refractivity contribution in [2.24, 2.45) is 0 Å². The number of amides is 1. The Balaban J connectivity index is 1.25. The van der Waals surface area contributed by atoms with Crippen molar-refractivity contribution in [3.8, 4) is 11.5 Å². The lowest BCUT2D eigenvalue weighted by Crippen LogP contribution is -2.32. The number of carbonyl (C=O) groups is 1. The molecule has 0 saturated carbocycles. The van der Waals surface area contributed by atoms with Crippen molar-refractivity contribution in [3.05, 3.63) is 145 Å². The summed E-state index contributed by atoms with van der Waals surface area (Å²) in [6.45, 7) is 4.11. The van der Waals surface area contributed by atoms with Gasteiger partial charge in [-0.3, -0.25) is 24.6 Å². The number of rotatable bonds is 11. The van der Waals surface area contributed by atoms with Gasteiger partial charge in [0.15, 0.2) is 0 Å². The highest BCUT2D eigenvalue weighted by molar-refractivity contribution is 7.90. The number of sulfonamides is 1. The van der Waals surface area contributed by atoms with Crippen LogP contribution in [0.3, 0.4) is 0 Å². The number of nitrogens with zero attached hydrogens (tertiary/aromatic N) is 4. The van der Waals surface area contributed by atoms with Crippen molar-refractivity contribution in [2.45, 2.75) is 31.8 Å². The third-order valence-electron chi connectivity index (χ3n) is 7.73. The number of fused-ring (bicyclic) bond motifs is 1. The number of carbonyl (C=O) groups excluding carboxylic acids is 1. The van der Waals surface area contributed by atoms with Gasteiger partial charge in [-0.15, -0.1) is 0 Å². The lowest BCUT2D eigenvalue weighted by molar-refractivity contribution is -0.384. The van der Waals surface area contributed by atoms with E-state index in [1.165, 1.54) is 22.9 Å². The number of halogens is 2. The minimum absolute atomic E-state index is 0.0669. The molecule has 6 aromatic rings. The minimum atomic E-state index is -4.58. The predicted octanol–water partition coefficient (Wildman–Crippen LogP) is 7.83. The molecule has 0 aliphatic rings. The first kappa shape index (κ1) is 34.4. The van der Waals surface area contributed by atoms with Crippen LogP contribution in [-0.4, -0.2) is 34.0 Å². The van der Waals surface area contributed by atoms with E-state index in [1.54, 1.807) is 60.9 Å². The molecule has 0 aliphatic carbocycles. The fourth-order valence-corrected chi connectivity index (χ4v) is 6.56. The minimum Gasteiger partial charge on any atom is -0.457 e. The van der Waals surface area contributed by atoms with E-state index in [-0.39, 0.29) is 24.5 Å². The average molecular weight is 732 g/mol. The van der Waals surface area contributed by atoms with Crippen LogP contribution in [-0.2, 0) is 23.1 Å². The predicted molar refractivity (Wildman–Crippen MR) is 191 cm³/mol. The van der Waals surface area contributed by atoms with Crippen molar-refractivity contribution < 1.29 is 22.9 Å². The van der Waals surface area contributed by atoms with E-state index in [9.17, 15) is 23.3 Å². The summed E-state index contributed by atoms with van der Waals surface area (Å²) in [6, 6.07) is 22.4. The van der Waals surface area contributed by atoms with Crippen molar-refractivity contribution in [3.63, 3.8) is 0 Å². The van der Waals surface area contributed by atoms with Crippen LogP contribution < -0.4 is 14.8 Å². The van der Waals surface area contributed by atoms with E-state index >= 15 is 0 Å². The topological polar surface area (TPSA) is 158 Å². The van der Waals surface area contributed by atoms with Gasteiger partial charge in [0.05, 0.1) is 21.9 Å². The van der Waals surface area contributed by atoms with Gasteiger partial charge in [0.1, 0.15) is 22.9 Å². The van der Waals surface area contributed by atoms with Gasteiger partial charge in [-0.25, -0.2) is 13.1 Å². The molecular formula is C35H28Cl2N6O6S. The number of nitrogens with one attached hydrogen (secondary N) is 2. The molecule has 0 saturated heterocycles. The van der Waals surface area contributed by atoms with Gasteiger partial charge in [-0.05, 0) is 96.8 Å².